The molecule has 1 aliphatic carbocycles. The number of aliphatic carboxylic acids is 1. The summed E-state index contributed by atoms with van der Waals surface area (Å²) in [5.74, 6) is 0.916. The number of ether oxygens (including phenoxy) is 1. The van der Waals surface area contributed by atoms with Gasteiger partial charge in [-0.25, -0.2) is 0 Å². The quantitative estimate of drug-likeness (QED) is 0.392. The number of rotatable bonds is 6. The fourth-order valence-electron chi connectivity index (χ4n) is 3.49. The molecule has 2 rings (SSSR count). The summed E-state index contributed by atoms with van der Waals surface area (Å²) in [7, 11) is 1.53. The molecule has 0 amide bonds. The minimum atomic E-state index is -0.903. The van der Waals surface area contributed by atoms with Crippen LogP contribution in [0.15, 0.2) is 23.3 Å². The zero-order chi connectivity index (χ0) is 20.0. The molecule has 6 nitrogen and oxygen atoms in total. The van der Waals surface area contributed by atoms with Gasteiger partial charge in [-0.2, -0.15) is 5.10 Å². The van der Waals surface area contributed by atoms with Gasteiger partial charge in [0, 0.05) is 11.6 Å². The Bertz CT molecular complexity index is 720. The standard InChI is InChI=1S/C20H29N3O3S/c1-12-6-5-7-17(13(12)2)21-20(27)23-22-14(3)15-8-9-18(26-4)16(10-15)11-19(24)25/h8-10,12-13,17H,5-7,11H2,1-4H3,(H,24,25)(H2,21,23,27)/b22-14-/t12-,13+,17-/m0/s1. The van der Waals surface area contributed by atoms with Crippen LogP contribution >= 0.6 is 12.2 Å². The number of hydrogen-bond acceptors (Lipinski definition) is 4. The molecule has 148 valence electrons. The number of carbonyl (C=O) groups is 1. The SMILES string of the molecule is COc1ccc(/C(C)=N\NC(=S)N[C@H]2CCC[C@H](C)[C@H]2C)cc1CC(=O)O. The van der Waals surface area contributed by atoms with Crippen molar-refractivity contribution in [2.75, 3.05) is 7.11 Å². The van der Waals surface area contributed by atoms with Gasteiger partial charge in [-0.3, -0.25) is 10.2 Å². The summed E-state index contributed by atoms with van der Waals surface area (Å²) in [6.07, 6.45) is 3.50. The highest BCUT2D eigenvalue weighted by atomic mass is 32.1. The maximum absolute atomic E-state index is 11.0. The number of carboxylic acids is 1. The summed E-state index contributed by atoms with van der Waals surface area (Å²) in [4.78, 5) is 11.0. The van der Waals surface area contributed by atoms with Crippen LogP contribution in [0.2, 0.25) is 0 Å². The molecule has 3 N–H and O–H groups in total. The number of hydrazone groups is 1. The van der Waals surface area contributed by atoms with E-state index in [2.05, 4.69) is 29.7 Å². The fraction of sp³-hybridized carbons (Fsp3) is 0.550. The van der Waals surface area contributed by atoms with Crippen LogP contribution in [0.25, 0.3) is 0 Å². The van der Waals surface area contributed by atoms with E-state index in [9.17, 15) is 4.79 Å². The van der Waals surface area contributed by atoms with E-state index < -0.39 is 5.97 Å². The van der Waals surface area contributed by atoms with Gasteiger partial charge < -0.3 is 15.2 Å². The molecule has 0 bridgehead atoms. The molecule has 0 unspecified atom stereocenters. The molecule has 1 fully saturated rings. The van der Waals surface area contributed by atoms with Crippen molar-refractivity contribution in [1.82, 2.24) is 10.7 Å². The Labute approximate surface area is 166 Å². The van der Waals surface area contributed by atoms with Crippen molar-refractivity contribution in [2.24, 2.45) is 16.9 Å². The normalized spacial score (nSPS) is 22.8. The smallest absolute Gasteiger partial charge is 0.307 e. The number of benzene rings is 1. The number of nitrogens with zero attached hydrogens (tertiary/aromatic N) is 1. The van der Waals surface area contributed by atoms with E-state index in [1.807, 2.05) is 13.0 Å². The molecule has 3 atom stereocenters. The second kappa shape index (κ2) is 9.69. The van der Waals surface area contributed by atoms with E-state index in [4.69, 9.17) is 22.1 Å². The van der Waals surface area contributed by atoms with Gasteiger partial charge in [0.15, 0.2) is 5.11 Å². The molecule has 0 radical (unpaired) electrons. The fourth-order valence-corrected chi connectivity index (χ4v) is 3.69. The summed E-state index contributed by atoms with van der Waals surface area (Å²) in [5, 5.41) is 17.3. The van der Waals surface area contributed by atoms with Gasteiger partial charge in [-0.05, 0) is 61.2 Å². The zero-order valence-electron chi connectivity index (χ0n) is 16.4. The van der Waals surface area contributed by atoms with Gasteiger partial charge in [0.1, 0.15) is 5.75 Å². The van der Waals surface area contributed by atoms with Crippen molar-refractivity contribution >= 4 is 29.0 Å². The number of nitrogens with one attached hydrogen (secondary N) is 2. The predicted octanol–water partition coefficient (Wildman–Crippen LogP) is 3.34. The Morgan fingerprint density at radius 1 is 1.37 bits per heavy atom. The first-order valence-corrected chi connectivity index (χ1v) is 9.72. The molecule has 27 heavy (non-hydrogen) atoms. The Kier molecular flexibility index (Phi) is 7.59. The third-order valence-corrected chi connectivity index (χ3v) is 5.60. The van der Waals surface area contributed by atoms with E-state index >= 15 is 0 Å². The van der Waals surface area contributed by atoms with Crippen LogP contribution in [0, 0.1) is 11.8 Å². The topological polar surface area (TPSA) is 83.0 Å². The predicted molar refractivity (Wildman–Crippen MR) is 111 cm³/mol. The maximum atomic E-state index is 11.0. The summed E-state index contributed by atoms with van der Waals surface area (Å²) in [5.41, 5.74) is 5.07. The minimum absolute atomic E-state index is 0.102. The first-order chi connectivity index (χ1) is 12.8. The summed E-state index contributed by atoms with van der Waals surface area (Å²) in [6.45, 7) is 6.41. The van der Waals surface area contributed by atoms with Gasteiger partial charge in [0.05, 0.1) is 19.2 Å². The molecule has 0 aliphatic heterocycles. The van der Waals surface area contributed by atoms with Crippen molar-refractivity contribution in [3.8, 4) is 5.75 Å². The largest absolute Gasteiger partial charge is 0.496 e. The molecule has 1 aliphatic rings. The Morgan fingerprint density at radius 3 is 2.78 bits per heavy atom. The average molecular weight is 392 g/mol. The zero-order valence-corrected chi connectivity index (χ0v) is 17.2. The monoisotopic (exact) mass is 391 g/mol. The molecule has 0 aromatic heterocycles. The van der Waals surface area contributed by atoms with Gasteiger partial charge in [-0.15, -0.1) is 0 Å². The summed E-state index contributed by atoms with van der Waals surface area (Å²) in [6, 6.07) is 5.77. The van der Waals surface area contributed by atoms with E-state index in [1.54, 1.807) is 12.1 Å². The Hall–Kier alpha value is -2.15. The Morgan fingerprint density at radius 2 is 2.11 bits per heavy atom. The lowest BCUT2D eigenvalue weighted by molar-refractivity contribution is -0.136. The first-order valence-electron chi connectivity index (χ1n) is 9.31. The molecular weight excluding hydrogens is 362 g/mol. The summed E-state index contributed by atoms with van der Waals surface area (Å²) < 4.78 is 5.23. The average Bonchev–Trinajstić information content (AvgIpc) is 2.63. The highest BCUT2D eigenvalue weighted by Crippen LogP contribution is 2.29. The van der Waals surface area contributed by atoms with Crippen LogP contribution in [0.3, 0.4) is 0 Å². The van der Waals surface area contributed by atoms with Crippen LogP contribution in [0.5, 0.6) is 5.75 Å². The number of carboxylic acid groups (broad SMARTS) is 1. The van der Waals surface area contributed by atoms with Gasteiger partial charge in [-0.1, -0.05) is 26.7 Å². The molecule has 1 aromatic carbocycles. The number of methoxy groups -OCH3 is 1. The third-order valence-electron chi connectivity index (χ3n) is 5.39. The molecular formula is C20H29N3O3S. The summed E-state index contributed by atoms with van der Waals surface area (Å²) >= 11 is 5.39. The van der Waals surface area contributed by atoms with E-state index in [0.717, 1.165) is 17.7 Å². The van der Waals surface area contributed by atoms with Gasteiger partial charge >= 0.3 is 5.97 Å². The van der Waals surface area contributed by atoms with Crippen LogP contribution in [0.4, 0.5) is 0 Å². The van der Waals surface area contributed by atoms with Crippen LogP contribution < -0.4 is 15.5 Å². The molecule has 0 spiro atoms. The van der Waals surface area contributed by atoms with E-state index in [-0.39, 0.29) is 6.42 Å². The van der Waals surface area contributed by atoms with E-state index in [0.29, 0.717) is 34.3 Å². The van der Waals surface area contributed by atoms with Crippen LogP contribution in [-0.4, -0.2) is 35.1 Å². The molecule has 1 aromatic rings. The molecule has 0 heterocycles. The van der Waals surface area contributed by atoms with Crippen molar-refractivity contribution in [1.29, 1.82) is 0 Å². The highest BCUT2D eigenvalue weighted by molar-refractivity contribution is 7.80. The highest BCUT2D eigenvalue weighted by Gasteiger charge is 2.27. The first kappa shape index (κ1) is 21.2. The molecule has 0 saturated heterocycles. The second-order valence-electron chi connectivity index (χ2n) is 7.25. The lowest BCUT2D eigenvalue weighted by Gasteiger charge is -2.35. The number of thiocarbonyl (C=S) groups is 1. The van der Waals surface area contributed by atoms with Crippen LogP contribution in [-0.2, 0) is 11.2 Å². The lowest BCUT2D eigenvalue weighted by Crippen LogP contribution is -2.46. The maximum Gasteiger partial charge on any atom is 0.307 e. The van der Waals surface area contributed by atoms with Crippen LogP contribution in [0.1, 0.15) is 51.2 Å². The van der Waals surface area contributed by atoms with Crippen molar-refractivity contribution in [3.63, 3.8) is 0 Å². The second-order valence-corrected chi connectivity index (χ2v) is 7.66. The van der Waals surface area contributed by atoms with Crippen molar-refractivity contribution in [3.05, 3.63) is 29.3 Å². The van der Waals surface area contributed by atoms with Crippen molar-refractivity contribution in [2.45, 2.75) is 52.5 Å². The minimum Gasteiger partial charge on any atom is -0.496 e. The van der Waals surface area contributed by atoms with Crippen molar-refractivity contribution < 1.29 is 14.6 Å². The van der Waals surface area contributed by atoms with Gasteiger partial charge in [0.25, 0.3) is 0 Å². The third kappa shape index (κ3) is 5.92. The number of hydrogen-bond donors (Lipinski definition) is 3. The molecule has 7 heteroatoms. The van der Waals surface area contributed by atoms with Gasteiger partial charge in [0.2, 0.25) is 0 Å². The lowest BCUT2D eigenvalue weighted by atomic mass is 9.78. The molecule has 1 saturated carbocycles. The van der Waals surface area contributed by atoms with E-state index in [1.165, 1.54) is 20.0 Å². The Balaban J connectivity index is 2.02.